The first kappa shape index (κ1) is 20.0. The normalized spacial score (nSPS) is 10.8. The number of ketones is 1. The molecule has 0 spiro atoms. The number of aromatic nitrogens is 1. The number of carbonyl (C=O) groups is 2. The Morgan fingerprint density at radius 3 is 2.54 bits per heavy atom. The Morgan fingerprint density at radius 1 is 1.07 bits per heavy atom. The Kier molecular flexibility index (Phi) is 6.41. The summed E-state index contributed by atoms with van der Waals surface area (Å²) in [5.41, 5.74) is 2.68. The van der Waals surface area contributed by atoms with Crippen LogP contribution in [0.2, 0.25) is 0 Å². The quantitative estimate of drug-likeness (QED) is 0.420. The average Bonchev–Trinajstić information content (AvgIpc) is 2.70. The maximum absolute atomic E-state index is 12.6. The molecular formula is C22H20BrNO4. The monoisotopic (exact) mass is 441 g/mol. The van der Waals surface area contributed by atoms with Gasteiger partial charge in [-0.1, -0.05) is 48.5 Å². The van der Waals surface area contributed by atoms with E-state index in [-0.39, 0.29) is 30.9 Å². The highest BCUT2D eigenvalue weighted by atomic mass is 79.9. The van der Waals surface area contributed by atoms with E-state index < -0.39 is 11.8 Å². The van der Waals surface area contributed by atoms with Crippen LogP contribution in [0.5, 0.6) is 5.75 Å². The van der Waals surface area contributed by atoms with E-state index >= 15 is 0 Å². The SMILES string of the molecule is CCOC(=O)CCC(=O)c1nc2c(Cc3ccccc3)cccc2c(Br)c1O. The third kappa shape index (κ3) is 4.39. The molecule has 1 aromatic heterocycles. The van der Waals surface area contributed by atoms with Gasteiger partial charge in [0.2, 0.25) is 0 Å². The molecule has 5 nitrogen and oxygen atoms in total. The number of halogens is 1. The summed E-state index contributed by atoms with van der Waals surface area (Å²) in [5.74, 6) is -1.05. The molecule has 6 heteroatoms. The van der Waals surface area contributed by atoms with Crippen molar-refractivity contribution < 1.29 is 19.4 Å². The summed E-state index contributed by atoms with van der Waals surface area (Å²) in [4.78, 5) is 28.6. The van der Waals surface area contributed by atoms with Crippen molar-refractivity contribution in [2.24, 2.45) is 0 Å². The van der Waals surface area contributed by atoms with Gasteiger partial charge in [0.15, 0.2) is 11.5 Å². The molecule has 0 radical (unpaired) electrons. The van der Waals surface area contributed by atoms with E-state index in [0.717, 1.165) is 16.5 Å². The van der Waals surface area contributed by atoms with Crippen molar-refractivity contribution in [2.45, 2.75) is 26.2 Å². The maximum atomic E-state index is 12.6. The molecule has 3 rings (SSSR count). The standard InChI is InChI=1S/C22H20BrNO4/c1-2-28-18(26)12-11-17(25)21-22(27)19(23)16-10-6-9-15(20(16)24-21)13-14-7-4-3-5-8-14/h3-10,27H,2,11-13H2,1H3. The average molecular weight is 442 g/mol. The molecule has 0 aliphatic carbocycles. The van der Waals surface area contributed by atoms with Gasteiger partial charge in [0.25, 0.3) is 0 Å². The van der Waals surface area contributed by atoms with Gasteiger partial charge in [-0.05, 0) is 40.4 Å². The largest absolute Gasteiger partial charge is 0.504 e. The van der Waals surface area contributed by atoms with E-state index in [1.54, 1.807) is 6.92 Å². The molecule has 0 amide bonds. The van der Waals surface area contributed by atoms with Crippen molar-refractivity contribution in [3.05, 3.63) is 69.8 Å². The van der Waals surface area contributed by atoms with Crippen molar-refractivity contribution in [1.82, 2.24) is 4.98 Å². The molecule has 0 atom stereocenters. The summed E-state index contributed by atoms with van der Waals surface area (Å²) in [6, 6.07) is 15.7. The number of Topliss-reactive ketones (excluding diaryl/α,β-unsaturated/α-hetero) is 1. The summed E-state index contributed by atoms with van der Waals surface area (Å²) in [6.45, 7) is 1.97. The predicted octanol–water partition coefficient (Wildman–Crippen LogP) is 4.82. The lowest BCUT2D eigenvalue weighted by Gasteiger charge is -2.12. The molecule has 3 aromatic rings. The van der Waals surface area contributed by atoms with Gasteiger partial charge in [-0.3, -0.25) is 9.59 Å². The van der Waals surface area contributed by atoms with E-state index in [1.165, 1.54) is 0 Å². The number of hydrogen-bond acceptors (Lipinski definition) is 5. The van der Waals surface area contributed by atoms with Gasteiger partial charge in [0.05, 0.1) is 23.0 Å². The third-order valence-electron chi connectivity index (χ3n) is 4.37. The Bertz CT molecular complexity index is 1020. The number of nitrogens with zero attached hydrogens (tertiary/aromatic N) is 1. The highest BCUT2D eigenvalue weighted by molar-refractivity contribution is 9.10. The minimum atomic E-state index is -0.444. The Labute approximate surface area is 171 Å². The van der Waals surface area contributed by atoms with Gasteiger partial charge in [-0.15, -0.1) is 0 Å². The van der Waals surface area contributed by atoms with Gasteiger partial charge >= 0.3 is 5.97 Å². The second kappa shape index (κ2) is 8.97. The van der Waals surface area contributed by atoms with Crippen molar-refractivity contribution >= 4 is 38.6 Å². The number of esters is 1. The van der Waals surface area contributed by atoms with E-state index in [2.05, 4.69) is 20.9 Å². The van der Waals surface area contributed by atoms with Gasteiger partial charge < -0.3 is 9.84 Å². The Morgan fingerprint density at radius 2 is 1.82 bits per heavy atom. The zero-order valence-electron chi connectivity index (χ0n) is 15.4. The van der Waals surface area contributed by atoms with Crippen molar-refractivity contribution in [1.29, 1.82) is 0 Å². The van der Waals surface area contributed by atoms with Gasteiger partial charge in [-0.2, -0.15) is 0 Å². The molecule has 1 N–H and O–H groups in total. The van der Waals surface area contributed by atoms with E-state index in [1.807, 2.05) is 48.5 Å². The fraction of sp³-hybridized carbons (Fsp3) is 0.227. The molecule has 1 heterocycles. The highest BCUT2D eigenvalue weighted by Gasteiger charge is 2.21. The van der Waals surface area contributed by atoms with Crippen molar-refractivity contribution in [3.8, 4) is 5.75 Å². The van der Waals surface area contributed by atoms with E-state index in [0.29, 0.717) is 16.4 Å². The number of fused-ring (bicyclic) bond motifs is 1. The fourth-order valence-corrected chi connectivity index (χ4v) is 3.52. The molecule has 0 unspecified atom stereocenters. The molecule has 0 saturated heterocycles. The smallest absolute Gasteiger partial charge is 0.306 e. The topological polar surface area (TPSA) is 76.5 Å². The number of para-hydroxylation sites is 1. The zero-order valence-corrected chi connectivity index (χ0v) is 17.0. The van der Waals surface area contributed by atoms with Crippen molar-refractivity contribution in [3.63, 3.8) is 0 Å². The van der Waals surface area contributed by atoms with Crippen LogP contribution in [-0.4, -0.2) is 28.4 Å². The van der Waals surface area contributed by atoms with Crippen LogP contribution in [0.4, 0.5) is 0 Å². The van der Waals surface area contributed by atoms with Crippen LogP contribution < -0.4 is 0 Å². The van der Waals surface area contributed by atoms with E-state index in [9.17, 15) is 14.7 Å². The third-order valence-corrected chi connectivity index (χ3v) is 5.18. The molecule has 0 bridgehead atoms. The highest BCUT2D eigenvalue weighted by Crippen LogP contribution is 2.36. The Hall–Kier alpha value is -2.73. The van der Waals surface area contributed by atoms with Crippen LogP contribution in [0.3, 0.4) is 0 Å². The predicted molar refractivity (Wildman–Crippen MR) is 111 cm³/mol. The minimum Gasteiger partial charge on any atom is -0.504 e. The number of carbonyl (C=O) groups excluding carboxylic acids is 2. The first-order valence-electron chi connectivity index (χ1n) is 9.04. The second-order valence-electron chi connectivity index (χ2n) is 6.33. The Balaban J connectivity index is 1.97. The number of aromatic hydroxyl groups is 1. The fourth-order valence-electron chi connectivity index (χ4n) is 3.02. The second-order valence-corrected chi connectivity index (χ2v) is 7.12. The lowest BCUT2D eigenvalue weighted by atomic mass is 10.0. The van der Waals surface area contributed by atoms with Crippen LogP contribution in [0.25, 0.3) is 10.9 Å². The molecule has 2 aromatic carbocycles. The number of benzene rings is 2. The molecule has 0 aliphatic heterocycles. The van der Waals surface area contributed by atoms with Crippen LogP contribution in [0.15, 0.2) is 53.0 Å². The molecule has 0 aliphatic rings. The van der Waals surface area contributed by atoms with Gasteiger partial charge in [0, 0.05) is 11.8 Å². The zero-order chi connectivity index (χ0) is 20.1. The lowest BCUT2D eigenvalue weighted by molar-refractivity contribution is -0.143. The maximum Gasteiger partial charge on any atom is 0.306 e. The number of ether oxygens (including phenoxy) is 1. The van der Waals surface area contributed by atoms with Gasteiger partial charge in [-0.25, -0.2) is 4.98 Å². The summed E-state index contributed by atoms with van der Waals surface area (Å²) in [7, 11) is 0. The van der Waals surface area contributed by atoms with E-state index in [4.69, 9.17) is 4.74 Å². The first-order chi connectivity index (χ1) is 13.5. The number of pyridine rings is 1. The lowest BCUT2D eigenvalue weighted by Crippen LogP contribution is -2.10. The molecule has 144 valence electrons. The number of rotatable bonds is 7. The molecular weight excluding hydrogens is 422 g/mol. The molecule has 0 fully saturated rings. The van der Waals surface area contributed by atoms with Crippen molar-refractivity contribution in [2.75, 3.05) is 6.61 Å². The molecule has 28 heavy (non-hydrogen) atoms. The summed E-state index contributed by atoms with van der Waals surface area (Å²) in [6.07, 6.45) is 0.534. The first-order valence-corrected chi connectivity index (χ1v) is 9.83. The number of hydrogen-bond donors (Lipinski definition) is 1. The summed E-state index contributed by atoms with van der Waals surface area (Å²) in [5, 5.41) is 11.2. The summed E-state index contributed by atoms with van der Waals surface area (Å²) >= 11 is 3.39. The van der Waals surface area contributed by atoms with Crippen LogP contribution in [0, 0.1) is 0 Å². The van der Waals surface area contributed by atoms with Crippen LogP contribution in [0.1, 0.15) is 41.4 Å². The molecule has 0 saturated carbocycles. The van der Waals surface area contributed by atoms with Gasteiger partial charge in [0.1, 0.15) is 5.69 Å². The van der Waals surface area contributed by atoms with Crippen LogP contribution >= 0.6 is 15.9 Å². The summed E-state index contributed by atoms with van der Waals surface area (Å²) < 4.78 is 5.28. The van der Waals surface area contributed by atoms with Crippen LogP contribution in [-0.2, 0) is 16.0 Å². The minimum absolute atomic E-state index is 0.0378.